The van der Waals surface area contributed by atoms with Crippen molar-refractivity contribution in [2.75, 3.05) is 6.54 Å². The minimum atomic E-state index is -0.386. The van der Waals surface area contributed by atoms with E-state index in [9.17, 15) is 4.79 Å². The number of carbonyl (C=O) groups excluding carboxylic acids is 1. The van der Waals surface area contributed by atoms with Gasteiger partial charge in [-0.25, -0.2) is 0 Å². The highest BCUT2D eigenvalue weighted by atomic mass is 16.6. The Hall–Kier alpha value is -0.830. The summed E-state index contributed by atoms with van der Waals surface area (Å²) in [6.45, 7) is 8.13. The van der Waals surface area contributed by atoms with Gasteiger partial charge in [0.1, 0.15) is 5.60 Å². The minimum Gasteiger partial charge on any atom is -0.459 e. The van der Waals surface area contributed by atoms with Crippen LogP contribution in [0.2, 0.25) is 0 Å². The summed E-state index contributed by atoms with van der Waals surface area (Å²) in [5, 5.41) is 3.34. The molecule has 0 radical (unpaired) electrons. The van der Waals surface area contributed by atoms with Crippen LogP contribution in [0.15, 0.2) is 12.2 Å². The molecule has 0 spiro atoms. The van der Waals surface area contributed by atoms with E-state index < -0.39 is 0 Å². The van der Waals surface area contributed by atoms with E-state index in [1.807, 2.05) is 20.8 Å². The zero-order chi connectivity index (χ0) is 15.0. The van der Waals surface area contributed by atoms with Crippen LogP contribution < -0.4 is 5.32 Å². The molecule has 3 nitrogen and oxygen atoms in total. The smallest absolute Gasteiger partial charge is 0.320 e. The molecule has 1 aliphatic rings. The lowest BCUT2D eigenvalue weighted by molar-refractivity contribution is -0.153. The van der Waals surface area contributed by atoms with Gasteiger partial charge in [-0.05, 0) is 72.1 Å². The van der Waals surface area contributed by atoms with E-state index in [1.165, 1.54) is 38.5 Å². The molecule has 1 aliphatic carbocycles. The molecule has 0 atom stereocenters. The average molecular weight is 281 g/mol. The highest BCUT2D eigenvalue weighted by Gasteiger charge is 2.22. The quantitative estimate of drug-likeness (QED) is 0.594. The third kappa shape index (κ3) is 7.68. The van der Waals surface area contributed by atoms with E-state index in [0.29, 0.717) is 12.6 Å². The Bertz CT molecular complexity index is 309. The molecule has 3 heteroatoms. The molecule has 0 heterocycles. The molecule has 0 amide bonds. The molecule has 0 bridgehead atoms. The summed E-state index contributed by atoms with van der Waals surface area (Å²) < 4.78 is 5.31. The molecular weight excluding hydrogens is 250 g/mol. The second-order valence-corrected chi connectivity index (χ2v) is 6.83. The molecule has 1 rings (SSSR count). The number of hydrogen-bond acceptors (Lipinski definition) is 3. The van der Waals surface area contributed by atoms with Gasteiger partial charge in [0, 0.05) is 6.04 Å². The summed E-state index contributed by atoms with van der Waals surface area (Å²) in [5.74, 6) is 0.721. The van der Waals surface area contributed by atoms with Crippen LogP contribution in [0.4, 0.5) is 0 Å². The number of ether oxygens (including phenoxy) is 1. The van der Waals surface area contributed by atoms with Crippen molar-refractivity contribution in [1.82, 2.24) is 5.32 Å². The van der Waals surface area contributed by atoms with Gasteiger partial charge in [0.2, 0.25) is 0 Å². The molecule has 0 saturated heterocycles. The van der Waals surface area contributed by atoms with E-state index in [1.54, 1.807) is 0 Å². The minimum absolute atomic E-state index is 0.146. The number of carbonyl (C=O) groups is 1. The summed E-state index contributed by atoms with van der Waals surface area (Å²) in [7, 11) is 0. The van der Waals surface area contributed by atoms with E-state index in [0.717, 1.165) is 5.92 Å². The molecule has 0 aromatic rings. The third-order valence-electron chi connectivity index (χ3n) is 3.78. The van der Waals surface area contributed by atoms with Crippen LogP contribution in [0.1, 0.15) is 66.2 Å². The maximum absolute atomic E-state index is 11.6. The van der Waals surface area contributed by atoms with Crippen LogP contribution in [0.3, 0.4) is 0 Å². The van der Waals surface area contributed by atoms with Crippen molar-refractivity contribution in [3.63, 3.8) is 0 Å². The van der Waals surface area contributed by atoms with E-state index >= 15 is 0 Å². The molecule has 1 N–H and O–H groups in total. The summed E-state index contributed by atoms with van der Waals surface area (Å²) >= 11 is 0. The van der Waals surface area contributed by atoms with E-state index in [2.05, 4.69) is 24.4 Å². The molecule has 116 valence electrons. The Morgan fingerprint density at radius 1 is 1.25 bits per heavy atom. The van der Waals surface area contributed by atoms with Crippen molar-refractivity contribution < 1.29 is 9.53 Å². The molecule has 0 aromatic heterocycles. The van der Waals surface area contributed by atoms with Gasteiger partial charge in [-0.3, -0.25) is 4.79 Å². The highest BCUT2D eigenvalue weighted by Crippen LogP contribution is 2.27. The van der Waals surface area contributed by atoms with Gasteiger partial charge in [-0.1, -0.05) is 12.2 Å². The largest absolute Gasteiger partial charge is 0.459 e. The Labute approximate surface area is 124 Å². The summed E-state index contributed by atoms with van der Waals surface area (Å²) in [6.07, 6.45) is 11.8. The van der Waals surface area contributed by atoms with Crippen LogP contribution in [-0.4, -0.2) is 24.2 Å². The van der Waals surface area contributed by atoms with Gasteiger partial charge < -0.3 is 10.1 Å². The Kier molecular flexibility index (Phi) is 7.28. The first-order valence-corrected chi connectivity index (χ1v) is 7.97. The Balaban J connectivity index is 2.14. The van der Waals surface area contributed by atoms with Crippen LogP contribution in [-0.2, 0) is 9.53 Å². The number of esters is 1. The van der Waals surface area contributed by atoms with Crippen molar-refractivity contribution in [3.8, 4) is 0 Å². The average Bonchev–Trinajstić information content (AvgIpc) is 2.36. The molecule has 0 aromatic carbocycles. The topological polar surface area (TPSA) is 38.3 Å². The van der Waals surface area contributed by atoms with Crippen molar-refractivity contribution >= 4 is 5.97 Å². The van der Waals surface area contributed by atoms with Crippen molar-refractivity contribution in [2.24, 2.45) is 5.92 Å². The predicted octanol–water partition coefficient (Wildman–Crippen LogP) is 3.83. The van der Waals surface area contributed by atoms with Gasteiger partial charge in [-0.2, -0.15) is 0 Å². The Morgan fingerprint density at radius 3 is 2.45 bits per heavy atom. The van der Waals surface area contributed by atoms with E-state index in [-0.39, 0.29) is 11.6 Å². The van der Waals surface area contributed by atoms with Crippen molar-refractivity contribution in [1.29, 1.82) is 0 Å². The van der Waals surface area contributed by atoms with E-state index in [4.69, 9.17) is 4.74 Å². The van der Waals surface area contributed by atoms with Gasteiger partial charge >= 0.3 is 5.97 Å². The standard InChI is InChI=1S/C17H31NO2/c1-5-6-7-8-14-9-11-15(12-10-14)18-13-16(19)20-17(2,3)4/h5-6,14-15,18H,7-13H2,1-4H3. The van der Waals surface area contributed by atoms with Gasteiger partial charge in [0.05, 0.1) is 6.54 Å². The fourth-order valence-corrected chi connectivity index (χ4v) is 2.76. The van der Waals surface area contributed by atoms with Crippen molar-refractivity contribution in [2.45, 2.75) is 77.9 Å². The first-order chi connectivity index (χ1) is 9.40. The fourth-order valence-electron chi connectivity index (χ4n) is 2.76. The van der Waals surface area contributed by atoms with Gasteiger partial charge in [-0.15, -0.1) is 0 Å². The van der Waals surface area contributed by atoms with Crippen LogP contribution in [0, 0.1) is 5.92 Å². The monoisotopic (exact) mass is 281 g/mol. The number of nitrogens with one attached hydrogen (secondary N) is 1. The zero-order valence-corrected chi connectivity index (χ0v) is 13.6. The second-order valence-electron chi connectivity index (χ2n) is 6.83. The maximum Gasteiger partial charge on any atom is 0.320 e. The first kappa shape index (κ1) is 17.2. The van der Waals surface area contributed by atoms with Crippen molar-refractivity contribution in [3.05, 3.63) is 12.2 Å². The number of allylic oxidation sites excluding steroid dienone is 2. The molecule has 0 unspecified atom stereocenters. The normalized spacial score (nSPS) is 24.0. The lowest BCUT2D eigenvalue weighted by Crippen LogP contribution is -2.39. The lowest BCUT2D eigenvalue weighted by atomic mass is 9.83. The first-order valence-electron chi connectivity index (χ1n) is 7.97. The SMILES string of the molecule is CC=CCCC1CCC(NCC(=O)OC(C)(C)C)CC1. The molecule has 0 aliphatic heterocycles. The third-order valence-corrected chi connectivity index (χ3v) is 3.78. The van der Waals surface area contributed by atoms with Crippen LogP contribution in [0.25, 0.3) is 0 Å². The molecule has 1 saturated carbocycles. The van der Waals surface area contributed by atoms with Crippen LogP contribution >= 0.6 is 0 Å². The zero-order valence-electron chi connectivity index (χ0n) is 13.6. The summed E-state index contributed by atoms with van der Waals surface area (Å²) in [6, 6.07) is 0.487. The number of hydrogen-bond donors (Lipinski definition) is 1. The molecular formula is C17H31NO2. The highest BCUT2D eigenvalue weighted by molar-refractivity contribution is 5.72. The lowest BCUT2D eigenvalue weighted by Gasteiger charge is -2.29. The summed E-state index contributed by atoms with van der Waals surface area (Å²) in [4.78, 5) is 11.6. The maximum atomic E-state index is 11.6. The molecule has 20 heavy (non-hydrogen) atoms. The van der Waals surface area contributed by atoms with Gasteiger partial charge in [0.15, 0.2) is 0 Å². The van der Waals surface area contributed by atoms with Crippen LogP contribution in [0.5, 0.6) is 0 Å². The van der Waals surface area contributed by atoms with Gasteiger partial charge in [0.25, 0.3) is 0 Å². The summed E-state index contributed by atoms with van der Waals surface area (Å²) in [5.41, 5.74) is -0.386. The molecule has 1 fully saturated rings. The predicted molar refractivity (Wildman–Crippen MR) is 83.6 cm³/mol. The fraction of sp³-hybridized carbons (Fsp3) is 0.824. The Morgan fingerprint density at radius 2 is 1.90 bits per heavy atom. The number of rotatable bonds is 6. The second kappa shape index (κ2) is 8.46.